The van der Waals surface area contributed by atoms with E-state index in [1.165, 1.54) is 6.07 Å². The molecule has 0 N–H and O–H groups in total. The van der Waals surface area contributed by atoms with Gasteiger partial charge in [0.05, 0.1) is 22.4 Å². The van der Waals surface area contributed by atoms with Crippen LogP contribution in [0, 0.1) is 11.8 Å². The van der Waals surface area contributed by atoms with Crippen LogP contribution in [-0.2, 0) is 9.59 Å². The summed E-state index contributed by atoms with van der Waals surface area (Å²) in [6.07, 6.45) is -0.0150. The molecule has 1 saturated heterocycles. The fraction of sp³-hybridized carbons (Fsp3) is 0.200. The minimum absolute atomic E-state index is 0.0124. The highest BCUT2D eigenvalue weighted by molar-refractivity contribution is 6.34. The first kappa shape index (κ1) is 28.8. The van der Waals surface area contributed by atoms with Gasteiger partial charge in [-0.3, -0.25) is 19.2 Å². The molecule has 3 atom stereocenters. The number of hydrogen-bond acceptors (Lipinski definition) is 4. The number of hydrazine groups is 1. The SMILES string of the molecule is O=C(c1ccc(Cl)cc1)[C@H](CCCl)N(C(=O)c1ccccc1Cl)N1C(=O)[C@@H]2C3c4ccccc4C(c4ccccc43)[C@H]2C1=O. The van der Waals surface area contributed by atoms with Crippen molar-refractivity contribution in [1.82, 2.24) is 10.0 Å². The van der Waals surface area contributed by atoms with Crippen molar-refractivity contribution in [3.05, 3.63) is 140 Å². The molecule has 4 aromatic carbocycles. The van der Waals surface area contributed by atoms with Crippen LogP contribution >= 0.6 is 34.8 Å². The van der Waals surface area contributed by atoms with Gasteiger partial charge < -0.3 is 0 Å². The molecule has 3 amide bonds. The number of imide groups is 1. The molecule has 44 heavy (non-hydrogen) atoms. The predicted octanol–water partition coefficient (Wildman–Crippen LogP) is 7.12. The third kappa shape index (κ3) is 4.31. The second-order valence-electron chi connectivity index (χ2n) is 11.2. The number of Topliss-reactive ketones (excluding diaryl/α,β-unsaturated/α-hetero) is 1. The summed E-state index contributed by atoms with van der Waals surface area (Å²) >= 11 is 18.8. The monoisotopic (exact) mass is 642 g/mol. The van der Waals surface area contributed by atoms with E-state index in [2.05, 4.69) is 0 Å². The summed E-state index contributed by atoms with van der Waals surface area (Å²) in [6.45, 7) is 0. The summed E-state index contributed by atoms with van der Waals surface area (Å²) in [7, 11) is 0. The lowest BCUT2D eigenvalue weighted by Gasteiger charge is -2.45. The molecule has 6 nitrogen and oxygen atoms in total. The maximum Gasteiger partial charge on any atom is 0.275 e. The Morgan fingerprint density at radius 1 is 0.705 bits per heavy atom. The minimum atomic E-state index is -1.27. The van der Waals surface area contributed by atoms with Crippen LogP contribution in [0.1, 0.15) is 61.2 Å². The van der Waals surface area contributed by atoms with Gasteiger partial charge in [-0.25, -0.2) is 5.01 Å². The van der Waals surface area contributed by atoms with E-state index >= 15 is 0 Å². The van der Waals surface area contributed by atoms with Crippen LogP contribution in [0.3, 0.4) is 0 Å². The zero-order chi connectivity index (χ0) is 30.7. The summed E-state index contributed by atoms with van der Waals surface area (Å²) in [6, 6.07) is 27.1. The number of rotatable bonds is 7. The standard InChI is InChI=1S/C35H25Cl3N2O4/c36-18-17-27(32(41)19-13-15-20(37)16-14-19)39(33(42)25-11-5-6-12-26(25)38)40-34(43)30-28-21-7-1-2-8-22(21)29(31(30)35(40)44)24-10-4-3-9-23(24)28/h1-16,27-31H,17-18H2/t27-,28?,29?,30+,31+/m0/s1. The van der Waals surface area contributed by atoms with Gasteiger partial charge in [0.15, 0.2) is 5.78 Å². The Hall–Kier alpha value is -3.97. The van der Waals surface area contributed by atoms with E-state index in [1.54, 1.807) is 42.5 Å². The number of alkyl halides is 1. The lowest BCUT2D eigenvalue weighted by atomic mass is 9.55. The second-order valence-corrected chi connectivity index (χ2v) is 12.5. The van der Waals surface area contributed by atoms with Crippen molar-refractivity contribution in [3.63, 3.8) is 0 Å². The topological polar surface area (TPSA) is 74.8 Å². The second kappa shape index (κ2) is 11.2. The van der Waals surface area contributed by atoms with E-state index in [-0.39, 0.29) is 40.3 Å². The zero-order valence-corrected chi connectivity index (χ0v) is 25.5. The molecule has 0 aromatic heterocycles. The van der Waals surface area contributed by atoms with Gasteiger partial charge in [0.1, 0.15) is 6.04 Å². The number of carbonyl (C=O) groups excluding carboxylic acids is 4. The van der Waals surface area contributed by atoms with E-state index < -0.39 is 41.4 Å². The Morgan fingerprint density at radius 2 is 1.18 bits per heavy atom. The first-order valence-corrected chi connectivity index (χ1v) is 15.6. The Balaban J connectivity index is 1.39. The summed E-state index contributed by atoms with van der Waals surface area (Å²) in [4.78, 5) is 57.9. The summed E-state index contributed by atoms with van der Waals surface area (Å²) in [5.74, 6) is -4.54. The Labute approximate surface area is 269 Å². The third-order valence-electron chi connectivity index (χ3n) is 9.06. The molecule has 3 aliphatic carbocycles. The number of benzene rings is 4. The van der Waals surface area contributed by atoms with Gasteiger partial charge in [0.25, 0.3) is 17.7 Å². The van der Waals surface area contributed by atoms with Crippen molar-refractivity contribution in [1.29, 1.82) is 0 Å². The van der Waals surface area contributed by atoms with Crippen LogP contribution in [0.4, 0.5) is 0 Å². The molecule has 0 unspecified atom stereocenters. The molecule has 1 heterocycles. The van der Waals surface area contributed by atoms with E-state index in [0.717, 1.165) is 32.3 Å². The molecule has 8 rings (SSSR count). The summed E-state index contributed by atoms with van der Waals surface area (Å²) in [5.41, 5.74) is 4.32. The van der Waals surface area contributed by atoms with Gasteiger partial charge in [-0.2, -0.15) is 5.01 Å². The molecule has 0 saturated carbocycles. The Bertz CT molecular complexity index is 1730. The number of hydrogen-bond donors (Lipinski definition) is 0. The Kier molecular flexibility index (Phi) is 7.32. The third-order valence-corrected chi connectivity index (χ3v) is 9.86. The van der Waals surface area contributed by atoms with Crippen LogP contribution in [0.15, 0.2) is 97.1 Å². The van der Waals surface area contributed by atoms with Crippen molar-refractivity contribution in [3.8, 4) is 0 Å². The first-order chi connectivity index (χ1) is 21.3. The lowest BCUT2D eigenvalue weighted by molar-refractivity contribution is -0.156. The molecule has 0 spiro atoms. The number of ketones is 1. The van der Waals surface area contributed by atoms with E-state index in [9.17, 15) is 19.2 Å². The molecular weight excluding hydrogens is 619 g/mol. The van der Waals surface area contributed by atoms with Crippen molar-refractivity contribution in [2.24, 2.45) is 11.8 Å². The molecule has 1 aliphatic heterocycles. The number of carbonyl (C=O) groups is 4. The largest absolute Gasteiger partial charge is 0.292 e. The van der Waals surface area contributed by atoms with Crippen LogP contribution in [0.2, 0.25) is 10.0 Å². The van der Waals surface area contributed by atoms with E-state index in [4.69, 9.17) is 34.8 Å². The highest BCUT2D eigenvalue weighted by Crippen LogP contribution is 2.61. The van der Waals surface area contributed by atoms with Gasteiger partial charge in [-0.15, -0.1) is 11.6 Å². The van der Waals surface area contributed by atoms with Crippen molar-refractivity contribution in [2.75, 3.05) is 5.88 Å². The highest BCUT2D eigenvalue weighted by Gasteiger charge is 2.63. The van der Waals surface area contributed by atoms with E-state index in [0.29, 0.717) is 5.02 Å². The normalized spacial score (nSPS) is 21.8. The fourth-order valence-electron chi connectivity index (χ4n) is 7.28. The number of halogens is 3. The average Bonchev–Trinajstić information content (AvgIpc) is 3.30. The van der Waals surface area contributed by atoms with Gasteiger partial charge in [0, 0.05) is 28.3 Å². The van der Waals surface area contributed by atoms with Crippen LogP contribution in [0.5, 0.6) is 0 Å². The molecule has 1 fully saturated rings. The first-order valence-electron chi connectivity index (χ1n) is 14.3. The molecule has 4 aromatic rings. The van der Waals surface area contributed by atoms with Crippen LogP contribution in [-0.4, -0.2) is 45.4 Å². The molecule has 0 radical (unpaired) electrons. The molecule has 9 heteroatoms. The smallest absolute Gasteiger partial charge is 0.275 e. The Morgan fingerprint density at radius 3 is 1.66 bits per heavy atom. The van der Waals surface area contributed by atoms with Gasteiger partial charge in [-0.05, 0) is 65.1 Å². The fourth-order valence-corrected chi connectivity index (χ4v) is 7.83. The maximum atomic E-state index is 14.7. The minimum Gasteiger partial charge on any atom is -0.292 e. The zero-order valence-electron chi connectivity index (χ0n) is 23.2. The molecule has 220 valence electrons. The summed E-state index contributed by atoms with van der Waals surface area (Å²) < 4.78 is 0. The highest BCUT2D eigenvalue weighted by atomic mass is 35.5. The maximum absolute atomic E-state index is 14.7. The molecule has 2 bridgehead atoms. The summed E-state index contributed by atoms with van der Waals surface area (Å²) in [5, 5.41) is 2.49. The van der Waals surface area contributed by atoms with Crippen molar-refractivity contribution >= 4 is 58.3 Å². The van der Waals surface area contributed by atoms with Crippen molar-refractivity contribution < 1.29 is 19.2 Å². The van der Waals surface area contributed by atoms with Crippen molar-refractivity contribution in [2.45, 2.75) is 24.3 Å². The quantitative estimate of drug-likeness (QED) is 0.122. The van der Waals surface area contributed by atoms with Gasteiger partial charge >= 0.3 is 0 Å². The lowest BCUT2D eigenvalue weighted by Crippen LogP contribution is -2.57. The van der Waals surface area contributed by atoms with E-state index in [1.807, 2.05) is 48.5 Å². The number of amides is 3. The van der Waals surface area contributed by atoms with Crippen LogP contribution < -0.4 is 0 Å². The van der Waals surface area contributed by atoms with Gasteiger partial charge in [0.2, 0.25) is 0 Å². The molecule has 4 aliphatic rings. The molecular formula is C35H25Cl3N2O4. The number of nitrogens with zero attached hydrogens (tertiary/aromatic N) is 2. The average molecular weight is 644 g/mol. The predicted molar refractivity (Wildman–Crippen MR) is 168 cm³/mol. The van der Waals surface area contributed by atoms with Gasteiger partial charge in [-0.1, -0.05) is 83.9 Å². The van der Waals surface area contributed by atoms with Crippen LogP contribution in [0.25, 0.3) is 0 Å².